The number of hydrogen-bond acceptors (Lipinski definition) is 1. The first-order valence-corrected chi connectivity index (χ1v) is 5.63. The minimum Gasteiger partial charge on any atom is -0.342 e. The Kier molecular flexibility index (Phi) is 3.05. The second-order valence-electron chi connectivity index (χ2n) is 4.16. The number of benzene rings is 1. The van der Waals surface area contributed by atoms with Crippen molar-refractivity contribution in [3.05, 3.63) is 35.9 Å². The van der Waals surface area contributed by atoms with E-state index in [1.807, 2.05) is 42.2 Å². The molecular weight excluding hydrogens is 186 g/mol. The average Bonchev–Trinajstić information content (AvgIpc) is 2.82. The van der Waals surface area contributed by atoms with Crippen molar-refractivity contribution < 1.29 is 4.79 Å². The molecule has 0 radical (unpaired) electrons. The summed E-state index contributed by atoms with van der Waals surface area (Å²) in [5.74, 6) is 0.281. The summed E-state index contributed by atoms with van der Waals surface area (Å²) in [4.78, 5) is 14.1. The molecule has 0 N–H and O–H groups in total. The van der Waals surface area contributed by atoms with E-state index in [4.69, 9.17) is 0 Å². The van der Waals surface area contributed by atoms with Crippen molar-refractivity contribution in [2.45, 2.75) is 25.7 Å². The average molecular weight is 203 g/mol. The Morgan fingerprint density at radius 2 is 1.80 bits per heavy atom. The van der Waals surface area contributed by atoms with Crippen molar-refractivity contribution in [3.8, 4) is 0 Å². The van der Waals surface area contributed by atoms with Crippen LogP contribution in [0.3, 0.4) is 0 Å². The minimum atomic E-state index is 0.00398. The first kappa shape index (κ1) is 10.2. The first-order valence-electron chi connectivity index (χ1n) is 5.63. The quantitative estimate of drug-likeness (QED) is 0.722. The van der Waals surface area contributed by atoms with Gasteiger partial charge in [0.15, 0.2) is 0 Å². The lowest BCUT2D eigenvalue weighted by molar-refractivity contribution is -0.131. The molecule has 1 heterocycles. The Hall–Kier alpha value is -1.31. The van der Waals surface area contributed by atoms with Gasteiger partial charge in [-0.05, 0) is 25.3 Å². The number of hydrogen-bond donors (Lipinski definition) is 0. The Bertz CT molecular complexity index is 328. The van der Waals surface area contributed by atoms with Gasteiger partial charge in [-0.2, -0.15) is 0 Å². The molecule has 1 aliphatic heterocycles. The van der Waals surface area contributed by atoms with Crippen LogP contribution < -0.4 is 0 Å². The molecule has 80 valence electrons. The van der Waals surface area contributed by atoms with E-state index in [2.05, 4.69) is 0 Å². The van der Waals surface area contributed by atoms with Crippen LogP contribution >= 0.6 is 0 Å². The van der Waals surface area contributed by atoms with Crippen LogP contribution in [0.2, 0.25) is 0 Å². The van der Waals surface area contributed by atoms with Crippen LogP contribution in [0.5, 0.6) is 0 Å². The van der Waals surface area contributed by atoms with Crippen LogP contribution in [0.25, 0.3) is 0 Å². The molecule has 2 heteroatoms. The summed E-state index contributed by atoms with van der Waals surface area (Å²) < 4.78 is 0. The van der Waals surface area contributed by atoms with Gasteiger partial charge in [-0.1, -0.05) is 30.3 Å². The van der Waals surface area contributed by atoms with E-state index in [1.165, 1.54) is 0 Å². The van der Waals surface area contributed by atoms with Gasteiger partial charge in [-0.25, -0.2) is 0 Å². The van der Waals surface area contributed by atoms with Crippen LogP contribution in [-0.2, 0) is 4.79 Å². The van der Waals surface area contributed by atoms with E-state index in [9.17, 15) is 4.79 Å². The first-order chi connectivity index (χ1) is 7.29. The van der Waals surface area contributed by atoms with Gasteiger partial charge < -0.3 is 4.90 Å². The van der Waals surface area contributed by atoms with Crippen molar-refractivity contribution >= 4 is 5.91 Å². The molecule has 1 amide bonds. The number of carbonyl (C=O) groups excluding carboxylic acids is 1. The summed E-state index contributed by atoms with van der Waals surface area (Å²) >= 11 is 0. The third-order valence-electron chi connectivity index (χ3n) is 3.09. The van der Waals surface area contributed by atoms with Crippen molar-refractivity contribution in [1.29, 1.82) is 0 Å². The topological polar surface area (TPSA) is 20.3 Å². The molecular formula is C13H17NO. The van der Waals surface area contributed by atoms with Gasteiger partial charge in [-0.15, -0.1) is 0 Å². The minimum absolute atomic E-state index is 0.00398. The van der Waals surface area contributed by atoms with Crippen LogP contribution in [0.4, 0.5) is 0 Å². The number of nitrogens with zero attached hydrogens (tertiary/aromatic N) is 1. The molecule has 1 aliphatic rings. The summed E-state index contributed by atoms with van der Waals surface area (Å²) in [7, 11) is 0. The van der Waals surface area contributed by atoms with Crippen molar-refractivity contribution in [2.75, 3.05) is 13.1 Å². The number of rotatable bonds is 2. The van der Waals surface area contributed by atoms with Gasteiger partial charge in [0.05, 0.1) is 5.92 Å². The summed E-state index contributed by atoms with van der Waals surface area (Å²) in [6.45, 7) is 3.88. The van der Waals surface area contributed by atoms with E-state index in [-0.39, 0.29) is 11.8 Å². The fourth-order valence-electron chi connectivity index (χ4n) is 2.10. The third-order valence-corrected chi connectivity index (χ3v) is 3.09. The summed E-state index contributed by atoms with van der Waals surface area (Å²) in [5.41, 5.74) is 1.12. The molecule has 2 rings (SSSR count). The zero-order valence-corrected chi connectivity index (χ0v) is 9.15. The van der Waals surface area contributed by atoms with Crippen LogP contribution in [0, 0.1) is 0 Å². The zero-order chi connectivity index (χ0) is 10.7. The van der Waals surface area contributed by atoms with Gasteiger partial charge in [-0.3, -0.25) is 4.79 Å². The molecule has 0 spiro atoms. The molecule has 1 aromatic carbocycles. The number of likely N-dealkylation sites (tertiary alicyclic amines) is 1. The van der Waals surface area contributed by atoms with Crippen LogP contribution in [0.1, 0.15) is 31.2 Å². The van der Waals surface area contributed by atoms with Crippen molar-refractivity contribution in [1.82, 2.24) is 4.90 Å². The third kappa shape index (κ3) is 2.20. The molecule has 2 nitrogen and oxygen atoms in total. The Balaban J connectivity index is 2.07. The largest absolute Gasteiger partial charge is 0.342 e. The Morgan fingerprint density at radius 1 is 1.20 bits per heavy atom. The molecule has 0 aliphatic carbocycles. The summed E-state index contributed by atoms with van der Waals surface area (Å²) in [5, 5.41) is 0. The predicted molar refractivity (Wildman–Crippen MR) is 60.7 cm³/mol. The van der Waals surface area contributed by atoms with E-state index in [0.717, 1.165) is 31.5 Å². The highest BCUT2D eigenvalue weighted by atomic mass is 16.2. The van der Waals surface area contributed by atoms with Gasteiger partial charge >= 0.3 is 0 Å². The maximum absolute atomic E-state index is 12.1. The number of amides is 1. The monoisotopic (exact) mass is 203 g/mol. The van der Waals surface area contributed by atoms with E-state index in [1.54, 1.807) is 0 Å². The molecule has 1 fully saturated rings. The lowest BCUT2D eigenvalue weighted by Gasteiger charge is -2.20. The second-order valence-corrected chi connectivity index (χ2v) is 4.16. The van der Waals surface area contributed by atoms with Crippen molar-refractivity contribution in [3.63, 3.8) is 0 Å². The molecule has 1 unspecified atom stereocenters. The fraction of sp³-hybridized carbons (Fsp3) is 0.462. The van der Waals surface area contributed by atoms with Gasteiger partial charge in [0.2, 0.25) is 5.91 Å². The van der Waals surface area contributed by atoms with E-state index >= 15 is 0 Å². The van der Waals surface area contributed by atoms with Gasteiger partial charge in [0.1, 0.15) is 0 Å². The smallest absolute Gasteiger partial charge is 0.229 e. The second kappa shape index (κ2) is 4.47. The van der Waals surface area contributed by atoms with Crippen LogP contribution in [0.15, 0.2) is 30.3 Å². The highest BCUT2D eigenvalue weighted by Crippen LogP contribution is 2.20. The highest BCUT2D eigenvalue weighted by Gasteiger charge is 2.23. The predicted octanol–water partition coefficient (Wildman–Crippen LogP) is 2.41. The molecule has 0 aromatic heterocycles. The SMILES string of the molecule is CC(C(=O)N1CCCC1)c1ccccc1. The highest BCUT2D eigenvalue weighted by molar-refractivity contribution is 5.83. The maximum atomic E-state index is 12.1. The molecule has 0 bridgehead atoms. The Morgan fingerprint density at radius 3 is 2.40 bits per heavy atom. The number of carbonyl (C=O) groups is 1. The van der Waals surface area contributed by atoms with Gasteiger partial charge in [0.25, 0.3) is 0 Å². The van der Waals surface area contributed by atoms with Gasteiger partial charge in [0, 0.05) is 13.1 Å². The molecule has 15 heavy (non-hydrogen) atoms. The van der Waals surface area contributed by atoms with E-state index in [0.29, 0.717) is 0 Å². The molecule has 1 aromatic rings. The lowest BCUT2D eigenvalue weighted by atomic mass is 10.00. The normalized spacial score (nSPS) is 17.8. The molecule has 1 atom stereocenters. The summed E-state index contributed by atoms with van der Waals surface area (Å²) in [6, 6.07) is 10.0. The Labute approximate surface area is 90.9 Å². The van der Waals surface area contributed by atoms with Crippen LogP contribution in [-0.4, -0.2) is 23.9 Å². The van der Waals surface area contributed by atoms with Crippen molar-refractivity contribution in [2.24, 2.45) is 0 Å². The summed E-state index contributed by atoms with van der Waals surface area (Å²) in [6.07, 6.45) is 2.32. The zero-order valence-electron chi connectivity index (χ0n) is 9.15. The molecule has 1 saturated heterocycles. The van der Waals surface area contributed by atoms with E-state index < -0.39 is 0 Å². The maximum Gasteiger partial charge on any atom is 0.229 e. The fourth-order valence-corrected chi connectivity index (χ4v) is 2.10. The lowest BCUT2D eigenvalue weighted by Crippen LogP contribution is -2.31. The standard InChI is InChI=1S/C13H17NO/c1-11(12-7-3-2-4-8-12)13(15)14-9-5-6-10-14/h2-4,7-8,11H,5-6,9-10H2,1H3. The molecule has 0 saturated carbocycles.